The van der Waals surface area contributed by atoms with Gasteiger partial charge in [0.25, 0.3) is 0 Å². The summed E-state index contributed by atoms with van der Waals surface area (Å²) in [6.45, 7) is 0.797. The van der Waals surface area contributed by atoms with Crippen LogP contribution in [0.1, 0.15) is 62.0 Å². The van der Waals surface area contributed by atoms with Gasteiger partial charge in [0.15, 0.2) is 0 Å². The molecule has 180 valence electrons. The highest BCUT2D eigenvalue weighted by molar-refractivity contribution is 5.79. The second-order valence-electron chi connectivity index (χ2n) is 9.18. The Morgan fingerprint density at radius 2 is 1.59 bits per heavy atom. The number of carbonyl (C=O) groups excluding carboxylic acids is 2. The number of aliphatic carboxylic acids is 1. The molecule has 0 bridgehead atoms. The van der Waals surface area contributed by atoms with Crippen LogP contribution in [-0.4, -0.2) is 42.3 Å². The fraction of sp³-hybridized carbons (Fsp3) is 0.444. The van der Waals surface area contributed by atoms with E-state index in [0.29, 0.717) is 32.4 Å². The number of fused-ring (bicyclic) bond motifs is 3. The van der Waals surface area contributed by atoms with E-state index in [-0.39, 0.29) is 23.8 Å². The molecule has 0 spiro atoms. The molecule has 3 N–H and O–H groups in total. The lowest BCUT2D eigenvalue weighted by Crippen LogP contribution is -2.33. The Morgan fingerprint density at radius 1 is 0.912 bits per heavy atom. The minimum atomic E-state index is -0.777. The fourth-order valence-electron chi connectivity index (χ4n) is 5.06. The molecule has 2 aromatic carbocycles. The van der Waals surface area contributed by atoms with Crippen molar-refractivity contribution in [2.24, 2.45) is 5.92 Å². The summed E-state index contributed by atoms with van der Waals surface area (Å²) in [6.07, 6.45) is 4.18. The Labute approximate surface area is 199 Å². The van der Waals surface area contributed by atoms with Gasteiger partial charge in [-0.1, -0.05) is 55.0 Å². The summed E-state index contributed by atoms with van der Waals surface area (Å²) in [4.78, 5) is 35.3. The lowest BCUT2D eigenvalue weighted by Gasteiger charge is -2.14. The number of hydrogen-bond acceptors (Lipinski definition) is 4. The molecule has 2 aromatic rings. The van der Waals surface area contributed by atoms with E-state index in [1.807, 2.05) is 24.3 Å². The van der Waals surface area contributed by atoms with Crippen LogP contribution < -0.4 is 10.6 Å². The Bertz CT molecular complexity index is 992. The van der Waals surface area contributed by atoms with Gasteiger partial charge in [-0.05, 0) is 54.4 Å². The third-order valence-electron chi connectivity index (χ3n) is 6.84. The van der Waals surface area contributed by atoms with Crippen LogP contribution in [0.3, 0.4) is 0 Å². The minimum Gasteiger partial charge on any atom is -0.481 e. The normalized spacial score (nSPS) is 18.7. The average molecular weight is 465 g/mol. The molecule has 2 aliphatic rings. The molecule has 1 saturated carbocycles. The van der Waals surface area contributed by atoms with Gasteiger partial charge >= 0.3 is 12.1 Å². The molecule has 1 fully saturated rings. The lowest BCUT2D eigenvalue weighted by atomic mass is 9.98. The van der Waals surface area contributed by atoms with E-state index in [9.17, 15) is 14.4 Å². The van der Waals surface area contributed by atoms with Gasteiger partial charge in [-0.2, -0.15) is 0 Å². The van der Waals surface area contributed by atoms with Gasteiger partial charge < -0.3 is 20.5 Å². The molecule has 34 heavy (non-hydrogen) atoms. The molecule has 0 saturated heterocycles. The van der Waals surface area contributed by atoms with E-state index in [1.54, 1.807) is 0 Å². The molecule has 0 radical (unpaired) electrons. The molecule has 2 atom stereocenters. The van der Waals surface area contributed by atoms with Crippen LogP contribution in [0, 0.1) is 5.92 Å². The van der Waals surface area contributed by atoms with Crippen molar-refractivity contribution in [3.63, 3.8) is 0 Å². The van der Waals surface area contributed by atoms with Gasteiger partial charge in [0, 0.05) is 24.9 Å². The molecule has 2 amide bonds. The van der Waals surface area contributed by atoms with Crippen LogP contribution in [0.15, 0.2) is 48.5 Å². The molecule has 2 aliphatic carbocycles. The highest BCUT2D eigenvalue weighted by Crippen LogP contribution is 2.44. The maximum atomic E-state index is 12.2. The van der Waals surface area contributed by atoms with Crippen molar-refractivity contribution in [3.8, 4) is 11.1 Å². The standard InChI is InChI=1S/C27H32N2O5/c30-25(29-19-14-13-18(16-19)26(31)32)12-2-1-7-15-28-27(33)34-17-24-22-10-5-3-8-20(22)21-9-4-6-11-23(21)24/h3-6,8-11,18-19,24H,1-2,7,12-17H2,(H,28,33)(H,29,30)(H,31,32). The van der Waals surface area contributed by atoms with Gasteiger partial charge in [0.1, 0.15) is 6.61 Å². The zero-order valence-corrected chi connectivity index (χ0v) is 19.3. The maximum Gasteiger partial charge on any atom is 0.407 e. The number of hydrogen-bond donors (Lipinski definition) is 3. The number of nitrogens with one attached hydrogen (secondary N) is 2. The molecule has 4 rings (SSSR count). The second kappa shape index (κ2) is 11.2. The average Bonchev–Trinajstić information content (AvgIpc) is 3.43. The lowest BCUT2D eigenvalue weighted by molar-refractivity contribution is -0.141. The third-order valence-corrected chi connectivity index (χ3v) is 6.84. The number of carboxylic acid groups (broad SMARTS) is 1. The van der Waals surface area contributed by atoms with Crippen molar-refractivity contribution < 1.29 is 24.2 Å². The first kappa shape index (κ1) is 23.8. The molecule has 7 nitrogen and oxygen atoms in total. The number of amides is 2. The van der Waals surface area contributed by atoms with Crippen molar-refractivity contribution in [1.82, 2.24) is 10.6 Å². The van der Waals surface area contributed by atoms with Crippen LogP contribution in [0.25, 0.3) is 11.1 Å². The summed E-state index contributed by atoms with van der Waals surface area (Å²) < 4.78 is 5.53. The largest absolute Gasteiger partial charge is 0.481 e. The van der Waals surface area contributed by atoms with Crippen molar-refractivity contribution >= 4 is 18.0 Å². The SMILES string of the molecule is O=C(CCCCCNC(=O)OCC1c2ccccc2-c2ccccc21)NC1CCC(C(=O)O)C1. The Balaban J connectivity index is 1.10. The van der Waals surface area contributed by atoms with Crippen molar-refractivity contribution in [3.05, 3.63) is 59.7 Å². The number of carboxylic acids is 1. The van der Waals surface area contributed by atoms with Gasteiger partial charge in [0.05, 0.1) is 5.92 Å². The molecule has 2 unspecified atom stereocenters. The van der Waals surface area contributed by atoms with Crippen molar-refractivity contribution in [1.29, 1.82) is 0 Å². The number of alkyl carbamates (subject to hydrolysis) is 1. The van der Waals surface area contributed by atoms with Crippen LogP contribution >= 0.6 is 0 Å². The second-order valence-corrected chi connectivity index (χ2v) is 9.18. The number of carbonyl (C=O) groups is 3. The summed E-state index contributed by atoms with van der Waals surface area (Å²) in [5, 5.41) is 14.8. The van der Waals surface area contributed by atoms with E-state index in [1.165, 1.54) is 22.3 Å². The predicted octanol–water partition coefficient (Wildman–Crippen LogP) is 4.46. The maximum absolute atomic E-state index is 12.2. The molecule has 0 aliphatic heterocycles. The quantitative estimate of drug-likeness (QED) is 0.451. The van der Waals surface area contributed by atoms with Gasteiger partial charge in [-0.3, -0.25) is 9.59 Å². The molecule has 0 heterocycles. The zero-order chi connectivity index (χ0) is 23.9. The summed E-state index contributed by atoms with van der Waals surface area (Å²) >= 11 is 0. The van der Waals surface area contributed by atoms with Gasteiger partial charge in [-0.25, -0.2) is 4.79 Å². The van der Waals surface area contributed by atoms with E-state index in [4.69, 9.17) is 9.84 Å². The van der Waals surface area contributed by atoms with Crippen molar-refractivity contribution in [2.45, 2.75) is 56.9 Å². The fourth-order valence-corrected chi connectivity index (χ4v) is 5.06. The van der Waals surface area contributed by atoms with Crippen LogP contribution in [-0.2, 0) is 14.3 Å². The Morgan fingerprint density at radius 3 is 2.24 bits per heavy atom. The Hall–Kier alpha value is -3.35. The van der Waals surface area contributed by atoms with Crippen LogP contribution in [0.2, 0.25) is 0 Å². The summed E-state index contributed by atoms with van der Waals surface area (Å²) in [5.74, 6) is -1.10. The first-order valence-electron chi connectivity index (χ1n) is 12.1. The minimum absolute atomic E-state index is 0.0242. The third kappa shape index (κ3) is 5.76. The first-order valence-corrected chi connectivity index (χ1v) is 12.1. The highest BCUT2D eigenvalue weighted by atomic mass is 16.5. The van der Waals surface area contributed by atoms with E-state index in [2.05, 4.69) is 34.9 Å². The Kier molecular flexibility index (Phi) is 7.83. The van der Waals surface area contributed by atoms with Crippen LogP contribution in [0.5, 0.6) is 0 Å². The van der Waals surface area contributed by atoms with Crippen LogP contribution in [0.4, 0.5) is 4.79 Å². The van der Waals surface area contributed by atoms with E-state index >= 15 is 0 Å². The predicted molar refractivity (Wildman–Crippen MR) is 128 cm³/mol. The van der Waals surface area contributed by atoms with E-state index in [0.717, 1.165) is 25.7 Å². The topological polar surface area (TPSA) is 105 Å². The number of unbranched alkanes of at least 4 members (excludes halogenated alkanes) is 2. The van der Waals surface area contributed by atoms with Gasteiger partial charge in [0.2, 0.25) is 5.91 Å². The smallest absolute Gasteiger partial charge is 0.407 e. The number of benzene rings is 2. The number of rotatable bonds is 10. The summed E-state index contributed by atoms with van der Waals surface area (Å²) in [7, 11) is 0. The molecular weight excluding hydrogens is 432 g/mol. The molecular formula is C27H32N2O5. The molecule has 0 aromatic heterocycles. The first-order chi connectivity index (χ1) is 16.5. The van der Waals surface area contributed by atoms with E-state index < -0.39 is 12.1 Å². The number of ether oxygens (including phenoxy) is 1. The monoisotopic (exact) mass is 464 g/mol. The molecule has 7 heteroatoms. The summed E-state index contributed by atoms with van der Waals surface area (Å²) in [6, 6.07) is 16.4. The highest BCUT2D eigenvalue weighted by Gasteiger charge is 2.30. The summed E-state index contributed by atoms with van der Waals surface area (Å²) in [5.41, 5.74) is 4.77. The van der Waals surface area contributed by atoms with Gasteiger partial charge in [-0.15, -0.1) is 0 Å². The zero-order valence-electron chi connectivity index (χ0n) is 19.3. The van der Waals surface area contributed by atoms with Crippen molar-refractivity contribution in [2.75, 3.05) is 13.2 Å².